The number of rotatable bonds is 7. The van der Waals surface area contributed by atoms with Gasteiger partial charge in [-0.05, 0) is 42.3 Å². The molecule has 0 unspecified atom stereocenters. The van der Waals surface area contributed by atoms with Crippen molar-refractivity contribution in [2.75, 3.05) is 25.6 Å². The van der Waals surface area contributed by atoms with Gasteiger partial charge < -0.3 is 10.1 Å². The molecule has 1 aromatic heterocycles. The highest BCUT2D eigenvalue weighted by Crippen LogP contribution is 2.32. The molecule has 1 aliphatic rings. The predicted octanol–water partition coefficient (Wildman–Crippen LogP) is 4.76. The number of carbonyl (C=O) groups is 1. The Morgan fingerprint density at radius 1 is 1.21 bits per heavy atom. The molecule has 4 rings (SSSR count). The molecule has 0 spiro atoms. The number of ether oxygens (including phenoxy) is 1. The first-order chi connectivity index (χ1) is 16.2. The van der Waals surface area contributed by atoms with Crippen molar-refractivity contribution in [3.8, 4) is 0 Å². The van der Waals surface area contributed by atoms with Gasteiger partial charge in [0.15, 0.2) is 0 Å². The summed E-state index contributed by atoms with van der Waals surface area (Å²) in [6.07, 6.45) is -0.389. The summed E-state index contributed by atoms with van der Waals surface area (Å²) in [6, 6.07) is 10.6. The average molecular weight is 476 g/mol. The maximum absolute atomic E-state index is 13.4. The first-order valence-electron chi connectivity index (χ1n) is 10.7. The molecule has 1 saturated heterocycles. The molecule has 10 heteroatoms. The fourth-order valence-electron chi connectivity index (χ4n) is 4.18. The van der Waals surface area contributed by atoms with Crippen molar-refractivity contribution in [2.24, 2.45) is 0 Å². The number of methoxy groups -OCH3 is 1. The number of likely N-dealkylation sites (tertiary alicyclic amines) is 1. The largest absolute Gasteiger partial charge is 0.416 e. The molecule has 2 atom stereocenters. The maximum atomic E-state index is 13.4. The Bertz CT molecular complexity index is 1130. The van der Waals surface area contributed by atoms with E-state index in [1.807, 2.05) is 0 Å². The topological polar surface area (TPSA) is 59.4 Å². The quantitative estimate of drug-likeness (QED) is 0.500. The molecule has 1 amide bonds. The van der Waals surface area contributed by atoms with E-state index in [0.717, 1.165) is 30.2 Å². The third-order valence-corrected chi connectivity index (χ3v) is 5.85. The van der Waals surface area contributed by atoms with E-state index in [1.165, 1.54) is 36.5 Å². The minimum atomic E-state index is -4.36. The Morgan fingerprint density at radius 3 is 2.65 bits per heavy atom. The van der Waals surface area contributed by atoms with Gasteiger partial charge in [0.1, 0.15) is 5.82 Å². The second-order valence-electron chi connectivity index (χ2n) is 8.30. The number of nitrogens with one attached hydrogen (secondary N) is 1. The minimum absolute atomic E-state index is 0.00517. The highest BCUT2D eigenvalue weighted by atomic mass is 19.4. The second kappa shape index (κ2) is 9.94. The van der Waals surface area contributed by atoms with Crippen LogP contribution in [0, 0.1) is 5.82 Å². The van der Waals surface area contributed by atoms with Gasteiger partial charge in [0.25, 0.3) is 5.91 Å². The van der Waals surface area contributed by atoms with E-state index in [2.05, 4.69) is 15.3 Å². The van der Waals surface area contributed by atoms with E-state index in [1.54, 1.807) is 18.0 Å². The molecule has 0 aliphatic carbocycles. The predicted molar refractivity (Wildman–Crippen MR) is 118 cm³/mol. The maximum Gasteiger partial charge on any atom is 0.416 e. The fourth-order valence-corrected chi connectivity index (χ4v) is 4.18. The Morgan fingerprint density at radius 2 is 1.97 bits per heavy atom. The number of carbonyl (C=O) groups excluding carboxylic acids is 1. The molecule has 0 radical (unpaired) electrons. The Kier molecular flexibility index (Phi) is 6.99. The van der Waals surface area contributed by atoms with Gasteiger partial charge in [-0.15, -0.1) is 0 Å². The molecule has 0 saturated carbocycles. The summed E-state index contributed by atoms with van der Waals surface area (Å²) in [6.45, 7) is 1.57. The van der Waals surface area contributed by atoms with Crippen LogP contribution in [0.4, 0.5) is 23.2 Å². The van der Waals surface area contributed by atoms with Crippen molar-refractivity contribution >= 4 is 11.6 Å². The number of anilines is 1. The van der Waals surface area contributed by atoms with Crippen molar-refractivity contribution in [3.05, 3.63) is 83.4 Å². The lowest BCUT2D eigenvalue weighted by Crippen LogP contribution is -2.32. The summed E-state index contributed by atoms with van der Waals surface area (Å²) in [5.41, 5.74) is 0.793. The summed E-state index contributed by atoms with van der Waals surface area (Å²) < 4.78 is 59.0. The molecule has 2 heterocycles. The molecular weight excluding hydrogens is 452 g/mol. The molecule has 180 valence electrons. The van der Waals surface area contributed by atoms with E-state index in [-0.39, 0.29) is 17.6 Å². The van der Waals surface area contributed by atoms with E-state index in [0.29, 0.717) is 25.4 Å². The number of hydrogen-bond acceptors (Lipinski definition) is 4. The van der Waals surface area contributed by atoms with Crippen molar-refractivity contribution in [1.29, 1.82) is 0 Å². The number of benzene rings is 2. The van der Waals surface area contributed by atoms with Crippen LogP contribution in [0.1, 0.15) is 33.9 Å². The first kappa shape index (κ1) is 23.9. The third-order valence-electron chi connectivity index (χ3n) is 5.85. The van der Waals surface area contributed by atoms with Crippen LogP contribution in [0.3, 0.4) is 0 Å². The van der Waals surface area contributed by atoms with Crippen molar-refractivity contribution in [1.82, 2.24) is 14.7 Å². The lowest BCUT2D eigenvalue weighted by molar-refractivity contribution is -0.137. The van der Waals surface area contributed by atoms with E-state index < -0.39 is 23.5 Å². The van der Waals surface area contributed by atoms with Crippen LogP contribution in [0.2, 0.25) is 0 Å². The summed E-state index contributed by atoms with van der Waals surface area (Å²) in [7, 11) is 1.61. The van der Waals surface area contributed by atoms with Gasteiger partial charge in [0.05, 0.1) is 30.1 Å². The van der Waals surface area contributed by atoms with Crippen LogP contribution in [0.5, 0.6) is 0 Å². The van der Waals surface area contributed by atoms with Gasteiger partial charge in [-0.25, -0.2) is 4.39 Å². The van der Waals surface area contributed by atoms with Gasteiger partial charge in [-0.2, -0.15) is 18.3 Å². The smallest absolute Gasteiger partial charge is 0.383 e. The number of aromatic nitrogens is 2. The number of halogens is 4. The number of amides is 1. The minimum Gasteiger partial charge on any atom is -0.383 e. The van der Waals surface area contributed by atoms with Crippen LogP contribution in [0.15, 0.2) is 60.9 Å². The van der Waals surface area contributed by atoms with Crippen LogP contribution in [-0.4, -0.2) is 46.9 Å². The molecular formula is C24H24F4N4O2. The molecule has 3 aromatic rings. The zero-order chi connectivity index (χ0) is 24.3. The number of alkyl halides is 3. The molecule has 34 heavy (non-hydrogen) atoms. The molecule has 1 aliphatic heterocycles. The summed E-state index contributed by atoms with van der Waals surface area (Å²) in [4.78, 5) is 14.5. The molecule has 1 N–H and O–H groups in total. The van der Waals surface area contributed by atoms with Gasteiger partial charge in [0.2, 0.25) is 0 Å². The number of nitrogens with zero attached hydrogens (tertiary/aromatic N) is 3. The summed E-state index contributed by atoms with van der Waals surface area (Å²) in [5.74, 6) is -0.932. The van der Waals surface area contributed by atoms with Crippen LogP contribution in [0.25, 0.3) is 0 Å². The highest BCUT2D eigenvalue weighted by Gasteiger charge is 2.34. The molecule has 1 fully saturated rings. The SMILES string of the molecule is COC[C@@H]1C[C@H](n2cc(NC(=O)c3cccc(F)c3)cn2)CN1Cc1ccc(C(F)(F)F)cc1. The first-order valence-corrected chi connectivity index (χ1v) is 10.7. The Labute approximate surface area is 194 Å². The molecule has 2 aromatic carbocycles. The zero-order valence-electron chi connectivity index (χ0n) is 18.4. The van der Waals surface area contributed by atoms with Crippen molar-refractivity contribution in [3.63, 3.8) is 0 Å². The van der Waals surface area contributed by atoms with Crippen molar-refractivity contribution < 1.29 is 27.1 Å². The highest BCUT2D eigenvalue weighted by molar-refractivity contribution is 6.04. The fraction of sp³-hybridized carbons (Fsp3) is 0.333. The number of hydrogen-bond donors (Lipinski definition) is 1. The van der Waals surface area contributed by atoms with Crippen LogP contribution < -0.4 is 5.32 Å². The zero-order valence-corrected chi connectivity index (χ0v) is 18.4. The lowest BCUT2D eigenvalue weighted by atomic mass is 10.1. The lowest BCUT2D eigenvalue weighted by Gasteiger charge is -2.23. The van der Waals surface area contributed by atoms with Gasteiger partial charge in [-0.1, -0.05) is 18.2 Å². The van der Waals surface area contributed by atoms with Gasteiger partial charge in [-0.3, -0.25) is 14.4 Å². The van der Waals surface area contributed by atoms with Crippen molar-refractivity contribution in [2.45, 2.75) is 31.2 Å². The van der Waals surface area contributed by atoms with E-state index in [4.69, 9.17) is 4.74 Å². The Balaban J connectivity index is 1.42. The van der Waals surface area contributed by atoms with Crippen LogP contribution >= 0.6 is 0 Å². The molecule has 6 nitrogen and oxygen atoms in total. The van der Waals surface area contributed by atoms with E-state index >= 15 is 0 Å². The Hall–Kier alpha value is -3.24. The van der Waals surface area contributed by atoms with Gasteiger partial charge >= 0.3 is 6.18 Å². The van der Waals surface area contributed by atoms with Gasteiger partial charge in [0, 0.05) is 38.0 Å². The van der Waals surface area contributed by atoms with E-state index in [9.17, 15) is 22.4 Å². The standard InChI is InChI=1S/C24H24F4N4O2/c1-34-15-22-10-21(14-31(22)12-16-5-7-18(8-6-16)24(26,27)28)32-13-20(11-29-32)30-23(33)17-3-2-4-19(25)9-17/h2-9,11,13,21-22H,10,12,14-15H2,1H3,(H,30,33)/t21-,22-/m0/s1. The summed E-state index contributed by atoms with van der Waals surface area (Å²) in [5, 5.41) is 7.09. The molecule has 0 bridgehead atoms. The summed E-state index contributed by atoms with van der Waals surface area (Å²) >= 11 is 0. The third kappa shape index (κ3) is 5.63. The average Bonchev–Trinajstić information content (AvgIpc) is 3.41. The van der Waals surface area contributed by atoms with Crippen LogP contribution in [-0.2, 0) is 17.5 Å². The monoisotopic (exact) mass is 476 g/mol. The normalized spacial score (nSPS) is 18.9. The second-order valence-corrected chi connectivity index (χ2v) is 8.30.